The average Bonchev–Trinajstić information content (AvgIpc) is 2.39. The molecule has 116 valence electrons. The highest BCUT2D eigenvalue weighted by Crippen LogP contribution is 2.21. The van der Waals surface area contributed by atoms with Crippen molar-refractivity contribution in [2.75, 3.05) is 19.8 Å². The fourth-order valence-corrected chi connectivity index (χ4v) is 2.30. The molecule has 0 radical (unpaired) electrons. The van der Waals surface area contributed by atoms with Gasteiger partial charge in [0.2, 0.25) is 5.91 Å². The van der Waals surface area contributed by atoms with Crippen LogP contribution in [0.5, 0.6) is 0 Å². The van der Waals surface area contributed by atoms with Gasteiger partial charge in [-0.3, -0.25) is 9.59 Å². The molecule has 0 aromatic heterocycles. The minimum Gasteiger partial charge on any atom is -0.481 e. The lowest BCUT2D eigenvalue weighted by Crippen LogP contribution is -2.31. The van der Waals surface area contributed by atoms with Crippen LogP contribution in [-0.4, -0.2) is 36.7 Å². The molecule has 2 N–H and O–H groups in total. The average molecular weight is 285 g/mol. The predicted octanol–water partition coefficient (Wildman–Crippen LogP) is 2.20. The Hall–Kier alpha value is -1.10. The van der Waals surface area contributed by atoms with Gasteiger partial charge in [0.15, 0.2) is 0 Å². The van der Waals surface area contributed by atoms with Gasteiger partial charge in [0.05, 0.1) is 5.41 Å². The zero-order chi connectivity index (χ0) is 15.0. The maximum absolute atomic E-state index is 11.7. The van der Waals surface area contributed by atoms with Gasteiger partial charge in [-0.05, 0) is 51.9 Å². The van der Waals surface area contributed by atoms with Gasteiger partial charge < -0.3 is 15.2 Å². The number of amides is 1. The Bertz CT molecular complexity index is 322. The molecule has 1 rings (SSSR count). The fraction of sp³-hybridized carbons (Fsp3) is 0.867. The number of carbonyl (C=O) groups excluding carboxylic acids is 1. The summed E-state index contributed by atoms with van der Waals surface area (Å²) in [6, 6.07) is 0. The van der Waals surface area contributed by atoms with Gasteiger partial charge in [0, 0.05) is 26.2 Å². The van der Waals surface area contributed by atoms with Crippen molar-refractivity contribution in [3.63, 3.8) is 0 Å². The molecule has 5 nitrogen and oxygen atoms in total. The number of carboxylic acids is 1. The number of aliphatic carboxylic acids is 1. The molecule has 1 heterocycles. The smallest absolute Gasteiger partial charge is 0.309 e. The molecule has 1 aliphatic heterocycles. The predicted molar refractivity (Wildman–Crippen MR) is 76.4 cm³/mol. The Morgan fingerprint density at radius 1 is 1.30 bits per heavy atom. The van der Waals surface area contributed by atoms with E-state index in [1.54, 1.807) is 13.8 Å². The highest BCUT2D eigenvalue weighted by Gasteiger charge is 2.26. The molecule has 0 atom stereocenters. The van der Waals surface area contributed by atoms with Gasteiger partial charge in [-0.25, -0.2) is 0 Å². The van der Waals surface area contributed by atoms with Crippen molar-refractivity contribution in [3.05, 3.63) is 0 Å². The molecule has 0 aliphatic carbocycles. The third-order valence-electron chi connectivity index (χ3n) is 4.01. The summed E-state index contributed by atoms with van der Waals surface area (Å²) in [6.45, 7) is 5.47. The molecule has 0 saturated carbocycles. The first kappa shape index (κ1) is 17.0. The summed E-state index contributed by atoms with van der Waals surface area (Å²) < 4.78 is 5.30. The van der Waals surface area contributed by atoms with Crippen LogP contribution >= 0.6 is 0 Å². The van der Waals surface area contributed by atoms with E-state index in [1.807, 2.05) is 0 Å². The normalized spacial score (nSPS) is 16.9. The molecule has 1 aliphatic rings. The number of rotatable bonds is 8. The van der Waals surface area contributed by atoms with Crippen molar-refractivity contribution >= 4 is 11.9 Å². The third kappa shape index (κ3) is 6.37. The number of hydrogen-bond acceptors (Lipinski definition) is 3. The van der Waals surface area contributed by atoms with Gasteiger partial charge in [0.1, 0.15) is 0 Å². The van der Waals surface area contributed by atoms with Crippen molar-refractivity contribution in [3.8, 4) is 0 Å². The van der Waals surface area contributed by atoms with Gasteiger partial charge >= 0.3 is 5.97 Å². The van der Waals surface area contributed by atoms with Crippen molar-refractivity contribution < 1.29 is 19.4 Å². The van der Waals surface area contributed by atoms with E-state index in [0.29, 0.717) is 25.3 Å². The number of carboxylic acid groups (broad SMARTS) is 1. The van der Waals surface area contributed by atoms with Crippen molar-refractivity contribution in [1.29, 1.82) is 0 Å². The lowest BCUT2D eigenvalue weighted by Gasteiger charge is -2.21. The van der Waals surface area contributed by atoms with E-state index in [2.05, 4.69) is 5.32 Å². The first-order valence-electron chi connectivity index (χ1n) is 7.49. The van der Waals surface area contributed by atoms with E-state index in [0.717, 1.165) is 38.9 Å². The summed E-state index contributed by atoms with van der Waals surface area (Å²) in [5, 5.41) is 11.8. The summed E-state index contributed by atoms with van der Waals surface area (Å²) in [5.74, 6) is -0.105. The lowest BCUT2D eigenvalue weighted by atomic mass is 9.89. The molecule has 0 aromatic rings. The molecule has 0 aromatic carbocycles. The quantitative estimate of drug-likeness (QED) is 0.717. The maximum Gasteiger partial charge on any atom is 0.309 e. The van der Waals surface area contributed by atoms with Crippen LogP contribution in [-0.2, 0) is 14.3 Å². The van der Waals surface area contributed by atoms with Gasteiger partial charge in [0.25, 0.3) is 0 Å². The van der Waals surface area contributed by atoms with Crippen LogP contribution in [0.3, 0.4) is 0 Å². The zero-order valence-electron chi connectivity index (χ0n) is 12.6. The van der Waals surface area contributed by atoms with Crippen LogP contribution < -0.4 is 5.32 Å². The Morgan fingerprint density at radius 2 is 1.95 bits per heavy atom. The molecular formula is C15H27NO4. The van der Waals surface area contributed by atoms with E-state index in [4.69, 9.17) is 9.84 Å². The van der Waals surface area contributed by atoms with E-state index in [9.17, 15) is 9.59 Å². The minimum absolute atomic E-state index is 0.0262. The van der Waals surface area contributed by atoms with Crippen LogP contribution in [0.1, 0.15) is 52.4 Å². The molecule has 1 fully saturated rings. The molecule has 0 bridgehead atoms. The summed E-state index contributed by atoms with van der Waals surface area (Å²) in [7, 11) is 0. The second-order valence-corrected chi connectivity index (χ2v) is 6.24. The highest BCUT2D eigenvalue weighted by molar-refractivity contribution is 5.76. The van der Waals surface area contributed by atoms with E-state index >= 15 is 0 Å². The largest absolute Gasteiger partial charge is 0.481 e. The van der Waals surface area contributed by atoms with Crippen LogP contribution in [0.2, 0.25) is 0 Å². The monoisotopic (exact) mass is 285 g/mol. The molecular weight excluding hydrogens is 258 g/mol. The maximum atomic E-state index is 11.7. The molecule has 5 heteroatoms. The van der Waals surface area contributed by atoms with Crippen molar-refractivity contribution in [2.24, 2.45) is 11.3 Å². The number of hydrogen-bond donors (Lipinski definition) is 2. The number of carbonyl (C=O) groups is 2. The third-order valence-corrected chi connectivity index (χ3v) is 4.01. The van der Waals surface area contributed by atoms with Crippen molar-refractivity contribution in [2.45, 2.75) is 52.4 Å². The Labute approximate surface area is 121 Å². The lowest BCUT2D eigenvalue weighted by molar-refractivity contribution is -0.147. The van der Waals surface area contributed by atoms with Gasteiger partial charge in [-0.1, -0.05) is 0 Å². The highest BCUT2D eigenvalue weighted by atomic mass is 16.5. The fourth-order valence-electron chi connectivity index (χ4n) is 2.30. The van der Waals surface area contributed by atoms with E-state index < -0.39 is 11.4 Å². The summed E-state index contributed by atoms with van der Waals surface area (Å²) in [6.07, 6.45) is 5.18. The number of ether oxygens (including phenoxy) is 1. The first-order chi connectivity index (χ1) is 9.42. The molecule has 1 amide bonds. The van der Waals surface area contributed by atoms with Crippen LogP contribution in [0.4, 0.5) is 0 Å². The second kappa shape index (κ2) is 8.25. The summed E-state index contributed by atoms with van der Waals surface area (Å²) in [5.41, 5.74) is -0.782. The van der Waals surface area contributed by atoms with Gasteiger partial charge in [-0.2, -0.15) is 0 Å². The Kier molecular flexibility index (Phi) is 6.99. The summed E-state index contributed by atoms with van der Waals surface area (Å²) in [4.78, 5) is 22.6. The first-order valence-corrected chi connectivity index (χ1v) is 7.49. The molecule has 0 unspecified atom stereocenters. The Morgan fingerprint density at radius 3 is 2.55 bits per heavy atom. The van der Waals surface area contributed by atoms with Crippen LogP contribution in [0.15, 0.2) is 0 Å². The standard InChI is InChI=1S/C15H27NO4/c1-15(2,14(18)19)8-9-16-13(17)5-3-4-12-6-10-20-11-7-12/h12H,3-11H2,1-2H3,(H,16,17)(H,18,19). The van der Waals surface area contributed by atoms with E-state index in [1.165, 1.54) is 0 Å². The van der Waals surface area contributed by atoms with Gasteiger partial charge in [-0.15, -0.1) is 0 Å². The number of nitrogens with one attached hydrogen (secondary N) is 1. The van der Waals surface area contributed by atoms with E-state index in [-0.39, 0.29) is 5.91 Å². The molecule has 20 heavy (non-hydrogen) atoms. The minimum atomic E-state index is -0.828. The summed E-state index contributed by atoms with van der Waals surface area (Å²) >= 11 is 0. The van der Waals surface area contributed by atoms with Crippen LogP contribution in [0, 0.1) is 11.3 Å². The topological polar surface area (TPSA) is 75.6 Å². The van der Waals surface area contributed by atoms with Crippen molar-refractivity contribution in [1.82, 2.24) is 5.32 Å². The zero-order valence-corrected chi connectivity index (χ0v) is 12.6. The SMILES string of the molecule is CC(C)(CCNC(=O)CCCC1CCOCC1)C(=O)O. The Balaban J connectivity index is 2.07. The molecule has 1 saturated heterocycles. The second-order valence-electron chi connectivity index (χ2n) is 6.24. The van der Waals surface area contributed by atoms with Crippen LogP contribution in [0.25, 0.3) is 0 Å². The molecule has 0 spiro atoms.